The van der Waals surface area contributed by atoms with Crippen molar-refractivity contribution < 1.29 is 5.11 Å². The van der Waals surface area contributed by atoms with E-state index in [2.05, 4.69) is 27.8 Å². The Morgan fingerprint density at radius 3 is 2.54 bits per heavy atom. The minimum Gasteiger partial charge on any atom is -0.394 e. The highest BCUT2D eigenvalue weighted by Gasteiger charge is 1.91. The average Bonchev–Trinajstić information content (AvgIpc) is 2.16. The second-order valence-electron chi connectivity index (χ2n) is 2.57. The molecule has 0 bridgehead atoms. The highest BCUT2D eigenvalue weighted by atomic mass is 79.9. The molecule has 0 aromatic heterocycles. The zero-order valence-corrected chi connectivity index (χ0v) is 8.58. The molecule has 0 fully saturated rings. The Kier molecular flexibility index (Phi) is 3.97. The Bertz CT molecular complexity index is 323. The van der Waals surface area contributed by atoms with Gasteiger partial charge in [-0.25, -0.2) is 0 Å². The topological polar surface area (TPSA) is 46.2 Å². The number of halogens is 1. The van der Waals surface area contributed by atoms with Gasteiger partial charge in [0, 0.05) is 10.0 Å². The molecule has 0 saturated carbocycles. The molecule has 2 nitrogen and oxygen atoms in total. The first-order valence-corrected chi connectivity index (χ1v) is 4.65. The van der Waals surface area contributed by atoms with Crippen LogP contribution in [-0.2, 0) is 0 Å². The van der Waals surface area contributed by atoms with Crippen LogP contribution < -0.4 is 5.73 Å². The monoisotopic (exact) mass is 239 g/mol. The predicted octanol–water partition coefficient (Wildman–Crippen LogP) is 1.12. The lowest BCUT2D eigenvalue weighted by molar-refractivity contribution is 0.287. The van der Waals surface area contributed by atoms with Crippen molar-refractivity contribution in [2.45, 2.75) is 6.04 Å². The van der Waals surface area contributed by atoms with E-state index in [-0.39, 0.29) is 6.61 Å². The van der Waals surface area contributed by atoms with Gasteiger partial charge in [-0.05, 0) is 24.3 Å². The summed E-state index contributed by atoms with van der Waals surface area (Å²) in [7, 11) is 0. The molecule has 0 aliphatic rings. The largest absolute Gasteiger partial charge is 0.394 e. The molecule has 1 atom stereocenters. The molecular formula is C10H10BrNO. The summed E-state index contributed by atoms with van der Waals surface area (Å²) in [6, 6.07) is 7.15. The van der Waals surface area contributed by atoms with Gasteiger partial charge >= 0.3 is 0 Å². The van der Waals surface area contributed by atoms with E-state index < -0.39 is 6.04 Å². The lowest BCUT2D eigenvalue weighted by Crippen LogP contribution is -2.21. The van der Waals surface area contributed by atoms with E-state index in [0.29, 0.717) is 0 Å². The van der Waals surface area contributed by atoms with Crippen molar-refractivity contribution in [1.82, 2.24) is 0 Å². The van der Waals surface area contributed by atoms with E-state index in [1.54, 1.807) is 0 Å². The maximum Gasteiger partial charge on any atom is 0.0902 e. The molecule has 1 rings (SSSR count). The summed E-state index contributed by atoms with van der Waals surface area (Å²) in [5.74, 6) is 5.60. The molecule has 0 radical (unpaired) electrons. The van der Waals surface area contributed by atoms with Crippen molar-refractivity contribution in [1.29, 1.82) is 0 Å². The van der Waals surface area contributed by atoms with Crippen LogP contribution in [0.2, 0.25) is 0 Å². The predicted molar refractivity (Wildman–Crippen MR) is 56.1 cm³/mol. The number of nitrogens with two attached hydrogens (primary N) is 1. The molecule has 0 heterocycles. The summed E-state index contributed by atoms with van der Waals surface area (Å²) in [5.41, 5.74) is 6.31. The van der Waals surface area contributed by atoms with Crippen LogP contribution in [-0.4, -0.2) is 17.8 Å². The summed E-state index contributed by atoms with van der Waals surface area (Å²) >= 11 is 3.33. The maximum absolute atomic E-state index is 8.62. The van der Waals surface area contributed by atoms with Crippen LogP contribution in [0.1, 0.15) is 5.56 Å². The van der Waals surface area contributed by atoms with Gasteiger partial charge < -0.3 is 10.8 Å². The Morgan fingerprint density at radius 1 is 1.38 bits per heavy atom. The zero-order valence-electron chi connectivity index (χ0n) is 7.00. The minimum atomic E-state index is -0.455. The minimum absolute atomic E-state index is 0.108. The van der Waals surface area contributed by atoms with Crippen LogP contribution in [0.25, 0.3) is 0 Å². The van der Waals surface area contributed by atoms with Crippen LogP contribution >= 0.6 is 15.9 Å². The molecule has 0 amide bonds. The molecule has 3 heteroatoms. The van der Waals surface area contributed by atoms with E-state index in [1.165, 1.54) is 0 Å². The molecule has 1 aromatic rings. The SMILES string of the molecule is N[C@@H](C#Cc1ccc(Br)cc1)CO. The summed E-state index contributed by atoms with van der Waals surface area (Å²) in [6.45, 7) is -0.108. The quantitative estimate of drug-likeness (QED) is 0.722. The van der Waals surface area contributed by atoms with Crippen molar-refractivity contribution in [2.24, 2.45) is 5.73 Å². The molecule has 0 unspecified atom stereocenters. The standard InChI is InChI=1S/C10H10BrNO/c11-9-4-1-8(2-5-9)3-6-10(12)7-13/h1-2,4-5,10,13H,7,12H2/t10-/m0/s1. The van der Waals surface area contributed by atoms with E-state index in [0.717, 1.165) is 10.0 Å². The van der Waals surface area contributed by atoms with E-state index in [1.807, 2.05) is 24.3 Å². The second kappa shape index (κ2) is 5.03. The molecule has 1 aromatic carbocycles. The average molecular weight is 240 g/mol. The Labute approximate surface area is 85.9 Å². The smallest absolute Gasteiger partial charge is 0.0902 e. The molecule has 0 saturated heterocycles. The van der Waals surface area contributed by atoms with Gasteiger partial charge in [0.05, 0.1) is 12.6 Å². The van der Waals surface area contributed by atoms with E-state index >= 15 is 0 Å². The first-order valence-electron chi connectivity index (χ1n) is 3.86. The van der Waals surface area contributed by atoms with Crippen molar-refractivity contribution in [3.63, 3.8) is 0 Å². The van der Waals surface area contributed by atoms with E-state index in [4.69, 9.17) is 10.8 Å². The van der Waals surface area contributed by atoms with Crippen molar-refractivity contribution in [3.05, 3.63) is 34.3 Å². The molecule has 0 aliphatic carbocycles. The summed E-state index contributed by atoms with van der Waals surface area (Å²) < 4.78 is 1.02. The third-order valence-corrected chi connectivity index (χ3v) is 1.97. The lowest BCUT2D eigenvalue weighted by atomic mass is 10.2. The lowest BCUT2D eigenvalue weighted by Gasteiger charge is -1.95. The van der Waals surface area contributed by atoms with Crippen LogP contribution in [0.4, 0.5) is 0 Å². The van der Waals surface area contributed by atoms with Gasteiger partial charge in [-0.2, -0.15) is 0 Å². The van der Waals surface area contributed by atoms with Crippen molar-refractivity contribution in [3.8, 4) is 11.8 Å². The van der Waals surface area contributed by atoms with Gasteiger partial charge in [-0.15, -0.1) is 0 Å². The van der Waals surface area contributed by atoms with Gasteiger partial charge in [0.1, 0.15) is 0 Å². The fourth-order valence-electron chi connectivity index (χ4n) is 0.755. The first-order chi connectivity index (χ1) is 6.22. The number of rotatable bonds is 1. The Morgan fingerprint density at radius 2 is 2.00 bits per heavy atom. The highest BCUT2D eigenvalue weighted by Crippen LogP contribution is 2.09. The van der Waals surface area contributed by atoms with Crippen LogP contribution in [0.3, 0.4) is 0 Å². The molecule has 3 N–H and O–H groups in total. The first kappa shape index (κ1) is 10.3. The van der Waals surface area contributed by atoms with Crippen LogP contribution in [0, 0.1) is 11.8 Å². The van der Waals surface area contributed by atoms with Crippen molar-refractivity contribution >= 4 is 15.9 Å². The van der Waals surface area contributed by atoms with Gasteiger partial charge in [0.25, 0.3) is 0 Å². The summed E-state index contributed by atoms with van der Waals surface area (Å²) in [5, 5.41) is 8.62. The van der Waals surface area contributed by atoms with Crippen LogP contribution in [0.5, 0.6) is 0 Å². The molecule has 13 heavy (non-hydrogen) atoms. The molecule has 0 spiro atoms. The molecule has 68 valence electrons. The van der Waals surface area contributed by atoms with Gasteiger partial charge in [-0.1, -0.05) is 27.8 Å². The number of hydrogen-bond donors (Lipinski definition) is 2. The molecule has 0 aliphatic heterocycles. The second-order valence-corrected chi connectivity index (χ2v) is 3.48. The maximum atomic E-state index is 8.62. The fraction of sp³-hybridized carbons (Fsp3) is 0.200. The fourth-order valence-corrected chi connectivity index (χ4v) is 1.02. The van der Waals surface area contributed by atoms with E-state index in [9.17, 15) is 0 Å². The zero-order chi connectivity index (χ0) is 9.68. The summed E-state index contributed by atoms with van der Waals surface area (Å²) in [6.07, 6.45) is 0. The third-order valence-electron chi connectivity index (χ3n) is 1.44. The van der Waals surface area contributed by atoms with Crippen molar-refractivity contribution in [2.75, 3.05) is 6.61 Å². The number of aliphatic hydroxyl groups excluding tert-OH is 1. The number of benzene rings is 1. The number of aliphatic hydroxyl groups is 1. The Hall–Kier alpha value is -0.820. The highest BCUT2D eigenvalue weighted by molar-refractivity contribution is 9.10. The summed E-state index contributed by atoms with van der Waals surface area (Å²) in [4.78, 5) is 0. The third kappa shape index (κ3) is 3.60. The molecular weight excluding hydrogens is 230 g/mol. The van der Waals surface area contributed by atoms with Crippen LogP contribution in [0.15, 0.2) is 28.7 Å². The normalized spacial score (nSPS) is 11.6. The number of hydrogen-bond acceptors (Lipinski definition) is 2. The van der Waals surface area contributed by atoms with Gasteiger partial charge in [0.15, 0.2) is 0 Å². The van der Waals surface area contributed by atoms with Gasteiger partial charge in [0.2, 0.25) is 0 Å². The Balaban J connectivity index is 2.72. The van der Waals surface area contributed by atoms with Gasteiger partial charge in [-0.3, -0.25) is 0 Å².